The number of hydrogen-bond donors (Lipinski definition) is 2. The molecule has 2 aliphatic carbocycles. The number of benzene rings is 1. The van der Waals surface area contributed by atoms with E-state index in [9.17, 15) is 20.0 Å². The van der Waals surface area contributed by atoms with Gasteiger partial charge in [-0.15, -0.1) is 0 Å². The minimum absolute atomic E-state index is 0.0571. The number of carbonyl (C=O) groups is 1. The second-order valence-electron chi connectivity index (χ2n) is 5.69. The largest absolute Gasteiger partial charge is 0.475 e. The van der Waals surface area contributed by atoms with Gasteiger partial charge in [0.15, 0.2) is 5.60 Å². The zero-order chi connectivity index (χ0) is 17.8. The van der Waals surface area contributed by atoms with E-state index in [1.54, 1.807) is 30.3 Å². The topological polar surface area (TPSA) is 114 Å². The molecule has 124 valence electrons. The Morgan fingerprint density at radius 1 is 1.12 bits per heavy atom. The van der Waals surface area contributed by atoms with Crippen LogP contribution in [0.15, 0.2) is 75.9 Å². The van der Waals surface area contributed by atoms with Crippen LogP contribution in [0.2, 0.25) is 0 Å². The number of carboxylic acids is 1. The molecule has 0 spiro atoms. The fourth-order valence-electron chi connectivity index (χ4n) is 3.27. The Balaban J connectivity index is 1.89. The number of rotatable bonds is 4. The van der Waals surface area contributed by atoms with Gasteiger partial charge in [-0.1, -0.05) is 36.4 Å². The average Bonchev–Trinajstić information content (AvgIpc) is 3.11. The van der Waals surface area contributed by atoms with Crippen LogP contribution in [0.1, 0.15) is 21.9 Å². The highest BCUT2D eigenvalue weighted by atomic mass is 16.6. The maximum atomic E-state index is 11.4. The van der Waals surface area contributed by atoms with Crippen LogP contribution in [0, 0.1) is 10.1 Å². The first kappa shape index (κ1) is 15.1. The summed E-state index contributed by atoms with van der Waals surface area (Å²) in [6.07, 6.45) is 3.17. The molecule has 1 aromatic carbocycles. The number of aliphatic hydroxyl groups is 1. The highest BCUT2D eigenvalue weighted by Crippen LogP contribution is 2.58. The summed E-state index contributed by atoms with van der Waals surface area (Å²) in [5, 5.41) is 31.6. The molecule has 0 radical (unpaired) electrons. The van der Waals surface area contributed by atoms with Crippen LogP contribution in [0.25, 0.3) is 5.57 Å². The molecule has 4 rings (SSSR count). The Bertz CT molecular complexity index is 1010. The SMILES string of the molecule is O=C(O)c1ccc(C2(O)c3ccc(-c4ccccc4)c2c3[N+](=O)[O-])o1. The normalized spacial score (nSPS) is 21.3. The van der Waals surface area contributed by atoms with Gasteiger partial charge in [-0.3, -0.25) is 10.1 Å². The molecular weight excluding hydrogens is 326 g/mol. The second-order valence-corrected chi connectivity index (χ2v) is 5.69. The van der Waals surface area contributed by atoms with Gasteiger partial charge >= 0.3 is 5.97 Å². The van der Waals surface area contributed by atoms with E-state index in [-0.39, 0.29) is 28.4 Å². The zero-order valence-corrected chi connectivity index (χ0v) is 12.7. The molecule has 1 aromatic heterocycles. The van der Waals surface area contributed by atoms with Gasteiger partial charge in [0.2, 0.25) is 5.76 Å². The van der Waals surface area contributed by atoms with Gasteiger partial charge in [0, 0.05) is 0 Å². The minimum atomic E-state index is -1.84. The Morgan fingerprint density at radius 3 is 2.44 bits per heavy atom. The molecule has 2 bridgehead atoms. The van der Waals surface area contributed by atoms with E-state index in [1.165, 1.54) is 18.2 Å². The molecule has 1 unspecified atom stereocenters. The number of furan rings is 1. The fourth-order valence-corrected chi connectivity index (χ4v) is 3.27. The molecule has 1 heterocycles. The molecule has 0 amide bonds. The third-order valence-electron chi connectivity index (χ3n) is 4.37. The molecule has 1 atom stereocenters. The van der Waals surface area contributed by atoms with Gasteiger partial charge < -0.3 is 14.6 Å². The first-order chi connectivity index (χ1) is 11.9. The van der Waals surface area contributed by atoms with E-state index in [1.807, 2.05) is 6.07 Å². The third-order valence-corrected chi connectivity index (χ3v) is 4.37. The Hall–Kier alpha value is -3.45. The van der Waals surface area contributed by atoms with Crippen LogP contribution in [-0.2, 0) is 5.60 Å². The molecule has 2 N–H and O–H groups in total. The smallest absolute Gasteiger partial charge is 0.371 e. The minimum Gasteiger partial charge on any atom is -0.475 e. The summed E-state index contributed by atoms with van der Waals surface area (Å²) in [6, 6.07) is 11.5. The summed E-state index contributed by atoms with van der Waals surface area (Å²) < 4.78 is 5.23. The number of hydrogen-bond acceptors (Lipinski definition) is 5. The lowest BCUT2D eigenvalue weighted by molar-refractivity contribution is -0.429. The first-order valence-electron chi connectivity index (χ1n) is 7.38. The number of aromatic carboxylic acids is 1. The lowest BCUT2D eigenvalue weighted by Crippen LogP contribution is -2.44. The van der Waals surface area contributed by atoms with Crippen molar-refractivity contribution in [2.45, 2.75) is 5.60 Å². The number of fused-ring (bicyclic) bond motifs is 2. The summed E-state index contributed by atoms with van der Waals surface area (Å²) in [6.45, 7) is 0. The van der Waals surface area contributed by atoms with Crippen molar-refractivity contribution in [1.82, 2.24) is 0 Å². The van der Waals surface area contributed by atoms with Crippen LogP contribution in [0.4, 0.5) is 0 Å². The van der Waals surface area contributed by atoms with Crippen molar-refractivity contribution < 1.29 is 24.3 Å². The summed E-state index contributed by atoms with van der Waals surface area (Å²) in [5.41, 5.74) is -0.632. The first-order valence-corrected chi connectivity index (χ1v) is 7.38. The van der Waals surface area contributed by atoms with Gasteiger partial charge in [0.25, 0.3) is 5.70 Å². The molecule has 2 aliphatic rings. The fraction of sp³-hybridized carbons (Fsp3) is 0.0556. The van der Waals surface area contributed by atoms with Crippen molar-refractivity contribution in [1.29, 1.82) is 0 Å². The van der Waals surface area contributed by atoms with Gasteiger partial charge in [-0.25, -0.2) is 4.79 Å². The van der Waals surface area contributed by atoms with Crippen LogP contribution < -0.4 is 0 Å². The Kier molecular flexibility index (Phi) is 3.03. The van der Waals surface area contributed by atoms with Gasteiger partial charge in [-0.05, 0) is 29.3 Å². The molecule has 0 saturated heterocycles. The Labute approximate surface area is 141 Å². The van der Waals surface area contributed by atoms with Crippen molar-refractivity contribution in [2.75, 3.05) is 0 Å². The average molecular weight is 337 g/mol. The van der Waals surface area contributed by atoms with E-state index in [4.69, 9.17) is 9.52 Å². The van der Waals surface area contributed by atoms with E-state index < -0.39 is 16.5 Å². The van der Waals surface area contributed by atoms with E-state index >= 15 is 0 Å². The van der Waals surface area contributed by atoms with Crippen molar-refractivity contribution in [3.05, 3.63) is 98.7 Å². The van der Waals surface area contributed by atoms with Crippen LogP contribution in [-0.4, -0.2) is 21.1 Å². The monoisotopic (exact) mass is 337 g/mol. The predicted octanol–water partition coefficient (Wildman–Crippen LogP) is 2.73. The predicted molar refractivity (Wildman–Crippen MR) is 86.1 cm³/mol. The third kappa shape index (κ3) is 1.93. The van der Waals surface area contributed by atoms with Crippen molar-refractivity contribution in [3.8, 4) is 0 Å². The van der Waals surface area contributed by atoms with Crippen molar-refractivity contribution in [3.63, 3.8) is 0 Å². The van der Waals surface area contributed by atoms with E-state index in [2.05, 4.69) is 0 Å². The molecule has 0 saturated carbocycles. The lowest BCUT2D eigenvalue weighted by atomic mass is 9.63. The highest BCUT2D eigenvalue weighted by molar-refractivity contribution is 5.92. The molecule has 2 aromatic rings. The molecule has 0 aliphatic heterocycles. The van der Waals surface area contributed by atoms with Crippen LogP contribution in [0.3, 0.4) is 0 Å². The summed E-state index contributed by atoms with van der Waals surface area (Å²) in [4.78, 5) is 21.9. The zero-order valence-electron chi connectivity index (χ0n) is 12.7. The maximum Gasteiger partial charge on any atom is 0.371 e. The molecular formula is C18H11NO6. The molecule has 7 heteroatoms. The van der Waals surface area contributed by atoms with Gasteiger partial charge in [0.1, 0.15) is 5.76 Å². The van der Waals surface area contributed by atoms with Gasteiger partial charge in [0.05, 0.1) is 16.1 Å². The number of nitrogens with zero attached hydrogens (tertiary/aromatic N) is 1. The van der Waals surface area contributed by atoms with E-state index in [0.717, 1.165) is 0 Å². The summed E-state index contributed by atoms with van der Waals surface area (Å²) in [5.74, 6) is -1.68. The summed E-state index contributed by atoms with van der Waals surface area (Å²) in [7, 11) is 0. The number of allylic oxidation sites excluding steroid dienone is 2. The lowest BCUT2D eigenvalue weighted by Gasteiger charge is -2.41. The molecule has 0 fully saturated rings. The number of carboxylic acid groups (broad SMARTS) is 1. The maximum absolute atomic E-state index is 11.4. The Morgan fingerprint density at radius 2 is 1.84 bits per heavy atom. The summed E-state index contributed by atoms with van der Waals surface area (Å²) >= 11 is 0. The van der Waals surface area contributed by atoms with E-state index in [0.29, 0.717) is 11.1 Å². The molecule has 7 nitrogen and oxygen atoms in total. The second kappa shape index (κ2) is 5.02. The van der Waals surface area contributed by atoms with Gasteiger partial charge in [-0.2, -0.15) is 0 Å². The number of nitro groups is 1. The van der Waals surface area contributed by atoms with Crippen molar-refractivity contribution in [2.24, 2.45) is 0 Å². The molecule has 25 heavy (non-hydrogen) atoms. The highest BCUT2D eigenvalue weighted by Gasteiger charge is 2.61. The van der Waals surface area contributed by atoms with Crippen LogP contribution in [0.5, 0.6) is 0 Å². The standard InChI is InChI=1S/C18H11NO6/c20-17(21)13-8-9-14(25-13)18(22)12-7-6-11(10-4-2-1-3-5-10)15(18)16(12)19(23)24/h1-9,22H,(H,20,21). The quantitative estimate of drug-likeness (QED) is 0.655. The van der Waals surface area contributed by atoms with Crippen LogP contribution >= 0.6 is 0 Å². The van der Waals surface area contributed by atoms with Crippen molar-refractivity contribution >= 4 is 11.5 Å².